The lowest BCUT2D eigenvalue weighted by molar-refractivity contribution is -0.123. The molecular formula is C15H23ClN2O3. The number of amides is 1. The van der Waals surface area contributed by atoms with Gasteiger partial charge in [-0.2, -0.15) is 0 Å². The molecule has 0 aliphatic heterocycles. The van der Waals surface area contributed by atoms with Crippen LogP contribution in [-0.4, -0.2) is 39.8 Å². The zero-order chi connectivity index (χ0) is 15.7. The molecule has 6 heteroatoms. The lowest BCUT2D eigenvalue weighted by atomic mass is 10.1. The molecule has 0 saturated carbocycles. The summed E-state index contributed by atoms with van der Waals surface area (Å²) in [5.74, 6) is 0.511. The Bertz CT molecular complexity index is 455. The van der Waals surface area contributed by atoms with Crippen molar-refractivity contribution in [1.29, 1.82) is 0 Å². The maximum absolute atomic E-state index is 11.7. The van der Waals surface area contributed by atoms with Gasteiger partial charge in [0.2, 0.25) is 0 Å². The number of benzene rings is 1. The first-order chi connectivity index (χ1) is 10.1. The van der Waals surface area contributed by atoms with E-state index in [1.54, 1.807) is 19.2 Å². The molecular weight excluding hydrogens is 292 g/mol. The van der Waals surface area contributed by atoms with Gasteiger partial charge in [0.15, 0.2) is 6.61 Å². The Labute approximate surface area is 131 Å². The van der Waals surface area contributed by atoms with Crippen LogP contribution < -0.4 is 15.4 Å². The van der Waals surface area contributed by atoms with Crippen molar-refractivity contribution in [2.24, 2.45) is 0 Å². The SMILES string of the molecule is CNC(C)c1cc(Cl)ccc1OCC(=O)NCCCOC. The number of hydrogen-bond acceptors (Lipinski definition) is 4. The van der Waals surface area contributed by atoms with Crippen molar-refractivity contribution in [1.82, 2.24) is 10.6 Å². The molecule has 1 aromatic rings. The molecule has 0 heterocycles. The van der Waals surface area contributed by atoms with Crippen molar-refractivity contribution in [3.63, 3.8) is 0 Å². The van der Waals surface area contributed by atoms with E-state index in [1.165, 1.54) is 0 Å². The highest BCUT2D eigenvalue weighted by atomic mass is 35.5. The summed E-state index contributed by atoms with van der Waals surface area (Å²) in [5.41, 5.74) is 0.928. The zero-order valence-electron chi connectivity index (χ0n) is 12.7. The zero-order valence-corrected chi connectivity index (χ0v) is 13.5. The Hall–Kier alpha value is -1.30. The summed E-state index contributed by atoms with van der Waals surface area (Å²) in [4.78, 5) is 11.7. The van der Waals surface area contributed by atoms with E-state index < -0.39 is 0 Å². The van der Waals surface area contributed by atoms with Crippen molar-refractivity contribution < 1.29 is 14.3 Å². The number of rotatable bonds is 9. The number of nitrogens with one attached hydrogen (secondary N) is 2. The Balaban J connectivity index is 2.52. The molecule has 5 nitrogen and oxygen atoms in total. The van der Waals surface area contributed by atoms with Crippen LogP contribution in [0.1, 0.15) is 24.9 Å². The van der Waals surface area contributed by atoms with Gasteiger partial charge in [-0.25, -0.2) is 0 Å². The predicted molar refractivity (Wildman–Crippen MR) is 83.9 cm³/mol. The van der Waals surface area contributed by atoms with Gasteiger partial charge in [0, 0.05) is 36.9 Å². The second kappa shape index (κ2) is 9.60. The average Bonchev–Trinajstić information content (AvgIpc) is 2.49. The van der Waals surface area contributed by atoms with Crippen molar-refractivity contribution in [2.45, 2.75) is 19.4 Å². The molecule has 0 saturated heterocycles. The first-order valence-electron chi connectivity index (χ1n) is 6.93. The molecule has 1 atom stereocenters. The van der Waals surface area contributed by atoms with Gasteiger partial charge in [0.1, 0.15) is 5.75 Å². The van der Waals surface area contributed by atoms with Crippen LogP contribution in [0, 0.1) is 0 Å². The van der Waals surface area contributed by atoms with Gasteiger partial charge < -0.3 is 20.1 Å². The van der Waals surface area contributed by atoms with Crippen molar-refractivity contribution in [3.05, 3.63) is 28.8 Å². The average molecular weight is 315 g/mol. The third-order valence-electron chi connectivity index (χ3n) is 3.08. The predicted octanol–water partition coefficient (Wildman–Crippen LogP) is 2.15. The smallest absolute Gasteiger partial charge is 0.257 e. The molecule has 0 bridgehead atoms. The fraction of sp³-hybridized carbons (Fsp3) is 0.533. The number of halogens is 1. The fourth-order valence-electron chi connectivity index (χ4n) is 1.78. The lowest BCUT2D eigenvalue weighted by Crippen LogP contribution is -2.30. The minimum absolute atomic E-state index is 0.0158. The topological polar surface area (TPSA) is 59.6 Å². The number of hydrogen-bond donors (Lipinski definition) is 2. The van der Waals surface area contributed by atoms with Gasteiger partial charge >= 0.3 is 0 Å². The van der Waals surface area contributed by atoms with E-state index >= 15 is 0 Å². The largest absolute Gasteiger partial charge is 0.483 e. The molecule has 2 N–H and O–H groups in total. The van der Waals surface area contributed by atoms with Crippen molar-refractivity contribution in [2.75, 3.05) is 33.9 Å². The summed E-state index contributed by atoms with van der Waals surface area (Å²) in [6.07, 6.45) is 0.783. The standard InChI is InChI=1S/C15H23ClN2O3/c1-11(17-2)13-9-12(16)5-6-14(13)21-10-15(19)18-7-4-8-20-3/h5-6,9,11,17H,4,7-8,10H2,1-3H3,(H,18,19). The van der Waals surface area contributed by atoms with E-state index in [2.05, 4.69) is 10.6 Å². The minimum atomic E-state index is -0.149. The van der Waals surface area contributed by atoms with E-state index in [9.17, 15) is 4.79 Å². The van der Waals surface area contributed by atoms with Gasteiger partial charge in [-0.15, -0.1) is 0 Å². The maximum Gasteiger partial charge on any atom is 0.257 e. The number of carbonyl (C=O) groups is 1. The van der Waals surface area contributed by atoms with Crippen molar-refractivity contribution >= 4 is 17.5 Å². The summed E-state index contributed by atoms with van der Waals surface area (Å²) < 4.78 is 10.5. The first-order valence-corrected chi connectivity index (χ1v) is 7.31. The summed E-state index contributed by atoms with van der Waals surface area (Å²) >= 11 is 6.00. The Kier molecular flexibility index (Phi) is 8.12. The Morgan fingerprint density at radius 2 is 2.19 bits per heavy atom. The highest BCUT2D eigenvalue weighted by molar-refractivity contribution is 6.30. The Morgan fingerprint density at radius 1 is 1.43 bits per heavy atom. The maximum atomic E-state index is 11.7. The van der Waals surface area contributed by atoms with Crippen LogP contribution in [0.15, 0.2) is 18.2 Å². The molecule has 0 radical (unpaired) electrons. The van der Waals surface area contributed by atoms with Gasteiger partial charge in [0.25, 0.3) is 5.91 Å². The van der Waals surface area contributed by atoms with Crippen LogP contribution in [0.3, 0.4) is 0 Å². The van der Waals surface area contributed by atoms with Crippen LogP contribution in [0.25, 0.3) is 0 Å². The summed E-state index contributed by atoms with van der Waals surface area (Å²) in [7, 11) is 3.49. The fourth-order valence-corrected chi connectivity index (χ4v) is 1.96. The molecule has 1 rings (SSSR count). The highest BCUT2D eigenvalue weighted by Gasteiger charge is 2.12. The first kappa shape index (κ1) is 17.8. The molecule has 0 fully saturated rings. The van der Waals surface area contributed by atoms with Crippen LogP contribution >= 0.6 is 11.6 Å². The van der Waals surface area contributed by atoms with Crippen LogP contribution in [0.4, 0.5) is 0 Å². The summed E-state index contributed by atoms with van der Waals surface area (Å²) in [6.45, 7) is 3.19. The van der Waals surface area contributed by atoms with E-state index in [0.717, 1.165) is 12.0 Å². The number of methoxy groups -OCH3 is 1. The summed E-state index contributed by atoms with van der Waals surface area (Å²) in [5, 5.41) is 6.55. The molecule has 21 heavy (non-hydrogen) atoms. The van der Waals surface area contributed by atoms with E-state index in [0.29, 0.717) is 23.9 Å². The normalized spacial score (nSPS) is 12.0. The molecule has 118 valence electrons. The second-order valence-electron chi connectivity index (χ2n) is 4.68. The molecule has 0 aliphatic carbocycles. The van der Waals surface area contributed by atoms with Gasteiger partial charge in [-0.1, -0.05) is 11.6 Å². The molecule has 0 aliphatic rings. The minimum Gasteiger partial charge on any atom is -0.483 e. The van der Waals surface area contributed by atoms with Crippen LogP contribution in [0.2, 0.25) is 5.02 Å². The summed E-state index contributed by atoms with van der Waals surface area (Å²) in [6, 6.07) is 5.46. The van der Waals surface area contributed by atoms with Crippen molar-refractivity contribution in [3.8, 4) is 5.75 Å². The van der Waals surface area contributed by atoms with Gasteiger partial charge in [-0.3, -0.25) is 4.79 Å². The molecule has 1 aromatic carbocycles. The molecule has 0 spiro atoms. The molecule has 0 aromatic heterocycles. The highest BCUT2D eigenvalue weighted by Crippen LogP contribution is 2.28. The van der Waals surface area contributed by atoms with Crippen LogP contribution in [-0.2, 0) is 9.53 Å². The third-order valence-corrected chi connectivity index (χ3v) is 3.31. The van der Waals surface area contributed by atoms with Gasteiger partial charge in [0.05, 0.1) is 0 Å². The Morgan fingerprint density at radius 3 is 2.86 bits per heavy atom. The second-order valence-corrected chi connectivity index (χ2v) is 5.11. The quantitative estimate of drug-likeness (QED) is 0.686. The third kappa shape index (κ3) is 6.33. The number of carbonyl (C=O) groups excluding carboxylic acids is 1. The van der Waals surface area contributed by atoms with E-state index in [-0.39, 0.29) is 18.6 Å². The molecule has 1 unspecified atom stereocenters. The van der Waals surface area contributed by atoms with E-state index in [1.807, 2.05) is 20.0 Å². The van der Waals surface area contributed by atoms with E-state index in [4.69, 9.17) is 21.1 Å². The van der Waals surface area contributed by atoms with Gasteiger partial charge in [-0.05, 0) is 38.6 Å². The lowest BCUT2D eigenvalue weighted by Gasteiger charge is -2.16. The number of ether oxygens (including phenoxy) is 2. The van der Waals surface area contributed by atoms with Crippen LogP contribution in [0.5, 0.6) is 5.75 Å². The molecule has 1 amide bonds. The monoisotopic (exact) mass is 314 g/mol.